The van der Waals surface area contributed by atoms with Crippen LogP contribution < -0.4 is 5.32 Å². The number of carbonyl (C=O) groups is 1. The molecule has 1 unspecified atom stereocenters. The third-order valence-electron chi connectivity index (χ3n) is 3.20. The minimum atomic E-state index is -0.182. The van der Waals surface area contributed by atoms with Crippen LogP contribution in [0.25, 0.3) is 0 Å². The average molecular weight is 269 g/mol. The number of rotatable bonds is 4. The Kier molecular flexibility index (Phi) is 3.50. The van der Waals surface area contributed by atoms with E-state index >= 15 is 0 Å². The van der Waals surface area contributed by atoms with Gasteiger partial charge in [0.25, 0.3) is 5.91 Å². The molecule has 102 valence electrons. The Hall–Kier alpha value is -2.56. The van der Waals surface area contributed by atoms with Gasteiger partial charge in [0.1, 0.15) is 5.71 Å². The molecule has 0 bridgehead atoms. The third-order valence-corrected chi connectivity index (χ3v) is 3.20. The summed E-state index contributed by atoms with van der Waals surface area (Å²) < 4.78 is 0. The van der Waals surface area contributed by atoms with Gasteiger partial charge in [-0.25, -0.2) is 0 Å². The van der Waals surface area contributed by atoms with Crippen LogP contribution in [0.3, 0.4) is 0 Å². The lowest BCUT2D eigenvalue weighted by Crippen LogP contribution is -2.30. The highest BCUT2D eigenvalue weighted by atomic mass is 16.6. The van der Waals surface area contributed by atoms with E-state index < -0.39 is 0 Å². The van der Waals surface area contributed by atoms with Crippen LogP contribution in [0.4, 0.5) is 0 Å². The average Bonchev–Trinajstić information content (AvgIpc) is 3.17. The molecule has 2 heterocycles. The Morgan fingerprint density at radius 1 is 1.30 bits per heavy atom. The van der Waals surface area contributed by atoms with Gasteiger partial charge in [-0.05, 0) is 17.7 Å². The molecule has 0 saturated heterocycles. The highest BCUT2D eigenvalue weighted by Crippen LogP contribution is 2.26. The highest BCUT2D eigenvalue weighted by molar-refractivity contribution is 6.39. The van der Waals surface area contributed by atoms with E-state index in [1.54, 1.807) is 0 Å². The number of hydrogen-bond donors (Lipinski definition) is 2. The van der Waals surface area contributed by atoms with Gasteiger partial charge in [0.05, 0.1) is 6.54 Å². The molecule has 20 heavy (non-hydrogen) atoms. The number of aromatic amines is 1. The normalized spacial score (nSPS) is 17.4. The smallest absolute Gasteiger partial charge is 0.269 e. The first-order valence-corrected chi connectivity index (χ1v) is 6.51. The van der Waals surface area contributed by atoms with Gasteiger partial charge in [0, 0.05) is 18.3 Å². The highest BCUT2D eigenvalue weighted by Gasteiger charge is 2.26. The molecule has 0 saturated carbocycles. The van der Waals surface area contributed by atoms with Crippen molar-refractivity contribution >= 4 is 11.6 Å². The van der Waals surface area contributed by atoms with Crippen molar-refractivity contribution in [2.75, 3.05) is 0 Å². The van der Waals surface area contributed by atoms with Gasteiger partial charge in [0.2, 0.25) is 0 Å². The van der Waals surface area contributed by atoms with E-state index in [0.29, 0.717) is 18.7 Å². The van der Waals surface area contributed by atoms with Crippen LogP contribution in [0, 0.1) is 0 Å². The maximum Gasteiger partial charge on any atom is 0.269 e. The summed E-state index contributed by atoms with van der Waals surface area (Å²) in [5, 5.41) is 6.71. The van der Waals surface area contributed by atoms with E-state index in [4.69, 9.17) is 4.84 Å². The summed E-state index contributed by atoms with van der Waals surface area (Å²) in [5.41, 5.74) is 2.42. The Balaban J connectivity index is 1.55. The predicted molar refractivity (Wildman–Crippen MR) is 75.0 cm³/mol. The second-order valence-electron chi connectivity index (χ2n) is 4.62. The Morgan fingerprint density at radius 3 is 2.90 bits per heavy atom. The minimum absolute atomic E-state index is 0.164. The van der Waals surface area contributed by atoms with Crippen LogP contribution in [0.15, 0.2) is 53.8 Å². The Bertz CT molecular complexity index is 605. The monoisotopic (exact) mass is 269 g/mol. The zero-order chi connectivity index (χ0) is 13.8. The number of hydrogen-bond acceptors (Lipinski definition) is 3. The van der Waals surface area contributed by atoms with Gasteiger partial charge >= 0.3 is 0 Å². The Labute approximate surface area is 116 Å². The summed E-state index contributed by atoms with van der Waals surface area (Å²) in [6, 6.07) is 13.6. The van der Waals surface area contributed by atoms with Crippen molar-refractivity contribution in [1.82, 2.24) is 10.3 Å². The molecule has 2 N–H and O–H groups in total. The standard InChI is InChI=1S/C15H15N3O2/c19-15(17-10-12-7-4-8-16-12)13-9-14(20-18-13)11-5-2-1-3-6-11/h1-8,14,16H,9-10H2,(H,17,19). The van der Waals surface area contributed by atoms with Crippen molar-refractivity contribution in [1.29, 1.82) is 0 Å². The largest absolute Gasteiger partial charge is 0.387 e. The number of H-pyrrole nitrogens is 1. The van der Waals surface area contributed by atoms with E-state index in [9.17, 15) is 4.79 Å². The summed E-state index contributed by atoms with van der Waals surface area (Å²) in [7, 11) is 0. The molecule has 0 spiro atoms. The number of nitrogens with one attached hydrogen (secondary N) is 2. The molecule has 2 aromatic rings. The van der Waals surface area contributed by atoms with Crippen molar-refractivity contribution in [3.05, 3.63) is 59.9 Å². The van der Waals surface area contributed by atoms with E-state index in [1.165, 1.54) is 0 Å². The van der Waals surface area contributed by atoms with Gasteiger partial charge in [-0.1, -0.05) is 35.5 Å². The summed E-state index contributed by atoms with van der Waals surface area (Å²) in [4.78, 5) is 20.3. The molecular weight excluding hydrogens is 254 g/mol. The molecule has 1 aromatic heterocycles. The minimum Gasteiger partial charge on any atom is -0.387 e. The lowest BCUT2D eigenvalue weighted by Gasteiger charge is -2.07. The zero-order valence-corrected chi connectivity index (χ0v) is 10.9. The second-order valence-corrected chi connectivity index (χ2v) is 4.62. The van der Waals surface area contributed by atoms with Crippen molar-refractivity contribution in [2.24, 2.45) is 5.16 Å². The second kappa shape index (κ2) is 5.61. The number of amides is 1. The SMILES string of the molecule is O=C(NCc1ccc[nH]1)C1=NOC(c2ccccc2)C1. The summed E-state index contributed by atoms with van der Waals surface area (Å²) in [6.45, 7) is 0.459. The maximum atomic E-state index is 12.0. The molecule has 1 amide bonds. The summed E-state index contributed by atoms with van der Waals surface area (Å²) >= 11 is 0. The predicted octanol–water partition coefficient (Wildman–Crippen LogP) is 2.15. The van der Waals surface area contributed by atoms with Crippen LogP contribution in [-0.4, -0.2) is 16.6 Å². The van der Waals surface area contributed by atoms with E-state index in [1.807, 2.05) is 48.7 Å². The molecule has 0 radical (unpaired) electrons. The van der Waals surface area contributed by atoms with Gasteiger partial charge in [-0.3, -0.25) is 4.79 Å². The molecule has 5 heteroatoms. The summed E-state index contributed by atoms with van der Waals surface area (Å²) in [6.07, 6.45) is 2.16. The third kappa shape index (κ3) is 2.71. The van der Waals surface area contributed by atoms with E-state index in [-0.39, 0.29) is 12.0 Å². The number of benzene rings is 1. The van der Waals surface area contributed by atoms with Crippen LogP contribution in [0.1, 0.15) is 23.8 Å². The first-order chi connectivity index (χ1) is 9.83. The van der Waals surface area contributed by atoms with Crippen molar-refractivity contribution in [3.63, 3.8) is 0 Å². The number of nitrogens with zero attached hydrogens (tertiary/aromatic N) is 1. The topological polar surface area (TPSA) is 66.5 Å². The van der Waals surface area contributed by atoms with Crippen molar-refractivity contribution < 1.29 is 9.63 Å². The quantitative estimate of drug-likeness (QED) is 0.893. The molecule has 1 atom stereocenters. The van der Waals surface area contributed by atoms with Gasteiger partial charge in [-0.2, -0.15) is 0 Å². The number of oxime groups is 1. The Morgan fingerprint density at radius 2 is 2.15 bits per heavy atom. The van der Waals surface area contributed by atoms with Crippen molar-refractivity contribution in [3.8, 4) is 0 Å². The van der Waals surface area contributed by atoms with Gasteiger partial charge < -0.3 is 15.1 Å². The van der Waals surface area contributed by atoms with E-state index in [2.05, 4.69) is 15.5 Å². The molecule has 0 fully saturated rings. The zero-order valence-electron chi connectivity index (χ0n) is 10.9. The fourth-order valence-electron chi connectivity index (χ4n) is 2.11. The number of carbonyl (C=O) groups excluding carboxylic acids is 1. The fourth-order valence-corrected chi connectivity index (χ4v) is 2.11. The van der Waals surface area contributed by atoms with Gasteiger partial charge in [0.15, 0.2) is 6.10 Å². The lowest BCUT2D eigenvalue weighted by molar-refractivity contribution is -0.115. The van der Waals surface area contributed by atoms with Gasteiger partial charge in [-0.15, -0.1) is 0 Å². The molecular formula is C15H15N3O2. The molecule has 1 aliphatic heterocycles. The van der Waals surface area contributed by atoms with E-state index in [0.717, 1.165) is 11.3 Å². The maximum absolute atomic E-state index is 12.0. The van der Waals surface area contributed by atoms with Crippen LogP contribution in [0.5, 0.6) is 0 Å². The lowest BCUT2D eigenvalue weighted by atomic mass is 10.0. The first-order valence-electron chi connectivity index (χ1n) is 6.51. The molecule has 0 aliphatic carbocycles. The van der Waals surface area contributed by atoms with Crippen molar-refractivity contribution in [2.45, 2.75) is 19.1 Å². The first kappa shape index (κ1) is 12.5. The fraction of sp³-hybridized carbons (Fsp3) is 0.200. The molecule has 1 aliphatic rings. The molecule has 3 rings (SSSR count). The molecule has 5 nitrogen and oxygen atoms in total. The van der Waals surface area contributed by atoms with Crippen LogP contribution >= 0.6 is 0 Å². The van der Waals surface area contributed by atoms with Crippen LogP contribution in [-0.2, 0) is 16.2 Å². The molecule has 1 aromatic carbocycles. The number of aromatic nitrogens is 1. The van der Waals surface area contributed by atoms with Crippen LogP contribution in [0.2, 0.25) is 0 Å². The summed E-state index contributed by atoms with van der Waals surface area (Å²) in [5.74, 6) is -0.182.